The summed E-state index contributed by atoms with van der Waals surface area (Å²) < 4.78 is 0. The van der Waals surface area contributed by atoms with Gasteiger partial charge in [-0.15, -0.1) is 0 Å². The highest BCUT2D eigenvalue weighted by atomic mass is 16.3. The van der Waals surface area contributed by atoms with Crippen molar-refractivity contribution < 1.29 is 5.11 Å². The van der Waals surface area contributed by atoms with Crippen molar-refractivity contribution in [2.45, 2.75) is 12.5 Å². The second kappa shape index (κ2) is 3.85. The van der Waals surface area contributed by atoms with E-state index in [0.29, 0.717) is 5.92 Å². The first-order chi connectivity index (χ1) is 6.36. The summed E-state index contributed by atoms with van der Waals surface area (Å²) in [7, 11) is 0. The van der Waals surface area contributed by atoms with Crippen LogP contribution in [-0.2, 0) is 6.42 Å². The van der Waals surface area contributed by atoms with Crippen LogP contribution in [-0.4, -0.2) is 29.3 Å². The zero-order valence-corrected chi connectivity index (χ0v) is 7.48. The van der Waals surface area contributed by atoms with Gasteiger partial charge in [-0.1, -0.05) is 6.07 Å². The third-order valence-corrected chi connectivity index (χ3v) is 2.52. The largest absolute Gasteiger partial charge is 0.391 e. The van der Waals surface area contributed by atoms with Crippen LogP contribution in [0.3, 0.4) is 0 Å². The molecule has 0 radical (unpaired) electrons. The molecule has 13 heavy (non-hydrogen) atoms. The lowest BCUT2D eigenvalue weighted by Crippen LogP contribution is -2.19. The number of nitrogens with one attached hydrogen (secondary N) is 1. The maximum Gasteiger partial charge on any atom is 0.0708 e. The van der Waals surface area contributed by atoms with Crippen LogP contribution in [0.1, 0.15) is 5.56 Å². The Morgan fingerprint density at radius 3 is 3.08 bits per heavy atom. The molecule has 0 spiro atoms. The number of hydrogen-bond acceptors (Lipinski definition) is 3. The summed E-state index contributed by atoms with van der Waals surface area (Å²) in [6, 6.07) is 3.99. The molecule has 0 aromatic carbocycles. The lowest BCUT2D eigenvalue weighted by molar-refractivity contribution is 0.147. The number of rotatable bonds is 2. The molecule has 2 rings (SSSR count). The summed E-state index contributed by atoms with van der Waals surface area (Å²) >= 11 is 0. The number of β-amino-alcohol motifs (C(OH)–C–C–N with tert-alkyl or cyclic N) is 1. The molecule has 2 N–H and O–H groups in total. The Hall–Kier alpha value is -0.930. The number of nitrogens with zero attached hydrogens (tertiary/aromatic N) is 1. The third kappa shape index (κ3) is 2.05. The average Bonchev–Trinajstić information content (AvgIpc) is 2.54. The molecule has 1 aliphatic heterocycles. The van der Waals surface area contributed by atoms with E-state index in [4.69, 9.17) is 0 Å². The summed E-state index contributed by atoms with van der Waals surface area (Å²) in [5.41, 5.74) is 1.20. The molecular formula is C10H14N2O. The van der Waals surface area contributed by atoms with Crippen molar-refractivity contribution in [1.82, 2.24) is 10.3 Å². The molecule has 0 unspecified atom stereocenters. The van der Waals surface area contributed by atoms with Crippen molar-refractivity contribution in [3.63, 3.8) is 0 Å². The Morgan fingerprint density at radius 2 is 2.46 bits per heavy atom. The fourth-order valence-electron chi connectivity index (χ4n) is 1.75. The number of aliphatic hydroxyl groups is 1. The molecule has 1 aromatic heterocycles. The Bertz CT molecular complexity index is 263. The molecular weight excluding hydrogens is 164 g/mol. The van der Waals surface area contributed by atoms with E-state index >= 15 is 0 Å². The van der Waals surface area contributed by atoms with Crippen LogP contribution in [0.15, 0.2) is 24.5 Å². The van der Waals surface area contributed by atoms with Gasteiger partial charge in [0.15, 0.2) is 0 Å². The van der Waals surface area contributed by atoms with Crippen LogP contribution in [0.4, 0.5) is 0 Å². The maximum absolute atomic E-state index is 9.57. The Kier molecular flexibility index (Phi) is 2.57. The van der Waals surface area contributed by atoms with E-state index < -0.39 is 0 Å². The fraction of sp³-hybridized carbons (Fsp3) is 0.500. The van der Waals surface area contributed by atoms with Crippen molar-refractivity contribution in [3.8, 4) is 0 Å². The molecule has 3 nitrogen and oxygen atoms in total. The van der Waals surface area contributed by atoms with Crippen molar-refractivity contribution in [2.75, 3.05) is 13.1 Å². The number of pyridine rings is 1. The molecule has 1 fully saturated rings. The minimum absolute atomic E-state index is 0.194. The molecule has 2 heterocycles. The number of aliphatic hydroxyl groups excluding tert-OH is 1. The van der Waals surface area contributed by atoms with Gasteiger partial charge < -0.3 is 10.4 Å². The van der Waals surface area contributed by atoms with Gasteiger partial charge in [-0.05, 0) is 18.1 Å². The second-order valence-corrected chi connectivity index (χ2v) is 3.55. The first kappa shape index (κ1) is 8.66. The molecule has 0 amide bonds. The second-order valence-electron chi connectivity index (χ2n) is 3.55. The van der Waals surface area contributed by atoms with E-state index in [-0.39, 0.29) is 6.10 Å². The van der Waals surface area contributed by atoms with Gasteiger partial charge in [0.1, 0.15) is 0 Å². The van der Waals surface area contributed by atoms with Gasteiger partial charge in [-0.25, -0.2) is 0 Å². The highest BCUT2D eigenvalue weighted by molar-refractivity contribution is 5.10. The summed E-state index contributed by atoms with van der Waals surface area (Å²) in [5.74, 6) is 0.351. The highest BCUT2D eigenvalue weighted by Gasteiger charge is 2.24. The molecule has 0 aliphatic carbocycles. The Labute approximate surface area is 77.8 Å². The van der Waals surface area contributed by atoms with Gasteiger partial charge in [0.05, 0.1) is 6.10 Å². The molecule has 1 aromatic rings. The van der Waals surface area contributed by atoms with Crippen LogP contribution >= 0.6 is 0 Å². The van der Waals surface area contributed by atoms with Crippen LogP contribution in [0.2, 0.25) is 0 Å². The van der Waals surface area contributed by atoms with Crippen molar-refractivity contribution in [3.05, 3.63) is 30.1 Å². The van der Waals surface area contributed by atoms with Gasteiger partial charge in [0.25, 0.3) is 0 Å². The van der Waals surface area contributed by atoms with Crippen molar-refractivity contribution in [1.29, 1.82) is 0 Å². The maximum atomic E-state index is 9.57. The summed E-state index contributed by atoms with van der Waals surface area (Å²) in [4.78, 5) is 4.05. The van der Waals surface area contributed by atoms with Gasteiger partial charge in [0, 0.05) is 31.4 Å². The predicted octanol–water partition coefficient (Wildman–Crippen LogP) is 0.204. The standard InChI is InChI=1S/C10H14N2O/c13-10-7-12-6-9(10)4-8-2-1-3-11-5-8/h1-3,5,9-10,12-13H,4,6-7H2/t9-,10-/m1/s1. The smallest absolute Gasteiger partial charge is 0.0708 e. The van der Waals surface area contributed by atoms with Crippen LogP contribution in [0, 0.1) is 5.92 Å². The molecule has 0 bridgehead atoms. The fourth-order valence-corrected chi connectivity index (χ4v) is 1.75. The van der Waals surface area contributed by atoms with E-state index in [1.807, 2.05) is 12.3 Å². The van der Waals surface area contributed by atoms with Crippen LogP contribution in [0.5, 0.6) is 0 Å². The van der Waals surface area contributed by atoms with Crippen molar-refractivity contribution in [2.24, 2.45) is 5.92 Å². The quantitative estimate of drug-likeness (QED) is 0.680. The molecule has 2 atom stereocenters. The molecule has 3 heteroatoms. The summed E-state index contributed by atoms with van der Waals surface area (Å²) in [6.45, 7) is 1.64. The van der Waals surface area contributed by atoms with E-state index in [0.717, 1.165) is 19.5 Å². The van der Waals surface area contributed by atoms with E-state index in [1.54, 1.807) is 6.20 Å². The summed E-state index contributed by atoms with van der Waals surface area (Å²) in [6.07, 6.45) is 4.36. The van der Waals surface area contributed by atoms with Crippen molar-refractivity contribution >= 4 is 0 Å². The monoisotopic (exact) mass is 178 g/mol. The van der Waals surface area contributed by atoms with Crippen LogP contribution in [0.25, 0.3) is 0 Å². The lowest BCUT2D eigenvalue weighted by Gasteiger charge is -2.12. The highest BCUT2D eigenvalue weighted by Crippen LogP contribution is 2.14. The normalized spacial score (nSPS) is 27.8. The minimum atomic E-state index is -0.194. The lowest BCUT2D eigenvalue weighted by atomic mass is 9.98. The topological polar surface area (TPSA) is 45.1 Å². The van der Waals surface area contributed by atoms with Gasteiger partial charge in [-0.2, -0.15) is 0 Å². The molecule has 0 saturated carbocycles. The van der Waals surface area contributed by atoms with E-state index in [1.165, 1.54) is 5.56 Å². The minimum Gasteiger partial charge on any atom is -0.391 e. The van der Waals surface area contributed by atoms with Gasteiger partial charge >= 0.3 is 0 Å². The number of aromatic nitrogens is 1. The zero-order chi connectivity index (χ0) is 9.10. The first-order valence-corrected chi connectivity index (χ1v) is 4.64. The molecule has 1 aliphatic rings. The molecule has 70 valence electrons. The number of hydrogen-bond donors (Lipinski definition) is 2. The van der Waals surface area contributed by atoms with E-state index in [2.05, 4.69) is 16.4 Å². The third-order valence-electron chi connectivity index (χ3n) is 2.52. The molecule has 1 saturated heterocycles. The SMILES string of the molecule is O[C@@H]1CNC[C@H]1Cc1cccnc1. The van der Waals surface area contributed by atoms with Gasteiger partial charge in [0.2, 0.25) is 0 Å². The van der Waals surface area contributed by atoms with Gasteiger partial charge in [-0.3, -0.25) is 4.98 Å². The van der Waals surface area contributed by atoms with E-state index in [9.17, 15) is 5.11 Å². The predicted molar refractivity (Wildman–Crippen MR) is 50.3 cm³/mol. The zero-order valence-electron chi connectivity index (χ0n) is 7.48. The Balaban J connectivity index is 1.98. The van der Waals surface area contributed by atoms with Crippen LogP contribution < -0.4 is 5.32 Å². The first-order valence-electron chi connectivity index (χ1n) is 4.64. The Morgan fingerprint density at radius 1 is 1.54 bits per heavy atom. The average molecular weight is 178 g/mol. The summed E-state index contributed by atoms with van der Waals surface area (Å²) in [5, 5.41) is 12.7.